The predicted molar refractivity (Wildman–Crippen MR) is 61.1 cm³/mol. The number of aromatic nitrogens is 1. The van der Waals surface area contributed by atoms with Crippen LogP contribution in [0.3, 0.4) is 0 Å². The number of carbonyl (C=O) groups excluding carboxylic acids is 2. The van der Waals surface area contributed by atoms with Gasteiger partial charge in [-0.1, -0.05) is 18.2 Å². The van der Waals surface area contributed by atoms with Crippen molar-refractivity contribution < 1.29 is 9.59 Å². The summed E-state index contributed by atoms with van der Waals surface area (Å²) in [5, 5.41) is 0. The quantitative estimate of drug-likeness (QED) is 0.439. The van der Waals surface area contributed by atoms with Crippen molar-refractivity contribution in [2.24, 2.45) is 0 Å². The van der Waals surface area contributed by atoms with Gasteiger partial charge in [-0.05, 0) is 30.5 Å². The highest BCUT2D eigenvalue weighted by molar-refractivity contribution is 6.33. The monoisotopic (exact) mass is 213 g/mol. The number of aryl methyl sites for hydroxylation is 1. The zero-order valence-corrected chi connectivity index (χ0v) is 8.93. The van der Waals surface area contributed by atoms with Crippen molar-refractivity contribution in [3.63, 3.8) is 0 Å². The van der Waals surface area contributed by atoms with Crippen molar-refractivity contribution >= 4 is 17.6 Å². The topological polar surface area (TPSA) is 47.0 Å². The second kappa shape index (κ2) is 4.23. The van der Waals surface area contributed by atoms with Crippen LogP contribution in [0.25, 0.3) is 5.57 Å². The lowest BCUT2D eigenvalue weighted by Crippen LogP contribution is -2.08. The standard InChI is InChI=1S/C13H11NO2/c1-9-6-7-14-13(11(16)8-15)12(9)10-4-2-3-5-10/h2-4,6-8H,5H2,1H3. The number of nitrogens with zero attached hydrogens (tertiary/aromatic N) is 1. The van der Waals surface area contributed by atoms with E-state index in [0.29, 0.717) is 6.29 Å². The Morgan fingerprint density at radius 3 is 2.94 bits per heavy atom. The maximum atomic E-state index is 11.5. The summed E-state index contributed by atoms with van der Waals surface area (Å²) in [5.41, 5.74) is 3.06. The van der Waals surface area contributed by atoms with E-state index < -0.39 is 5.78 Å². The number of pyridine rings is 1. The second-order valence-corrected chi connectivity index (χ2v) is 3.66. The van der Waals surface area contributed by atoms with Gasteiger partial charge in [0.2, 0.25) is 5.78 Å². The highest BCUT2D eigenvalue weighted by Crippen LogP contribution is 2.28. The number of allylic oxidation sites excluding steroid dienone is 4. The van der Waals surface area contributed by atoms with Gasteiger partial charge < -0.3 is 0 Å². The Kier molecular flexibility index (Phi) is 2.77. The third-order valence-electron chi connectivity index (χ3n) is 2.59. The van der Waals surface area contributed by atoms with E-state index in [1.165, 1.54) is 0 Å². The Morgan fingerprint density at radius 1 is 1.50 bits per heavy atom. The van der Waals surface area contributed by atoms with Gasteiger partial charge in [0.15, 0.2) is 6.29 Å². The molecule has 0 atom stereocenters. The zero-order valence-electron chi connectivity index (χ0n) is 8.93. The summed E-state index contributed by atoms with van der Waals surface area (Å²) >= 11 is 0. The lowest BCUT2D eigenvalue weighted by molar-refractivity contribution is -0.104. The smallest absolute Gasteiger partial charge is 0.244 e. The lowest BCUT2D eigenvalue weighted by Gasteiger charge is -2.09. The molecule has 0 spiro atoms. The number of hydrogen-bond donors (Lipinski definition) is 0. The number of hydrogen-bond acceptors (Lipinski definition) is 3. The van der Waals surface area contributed by atoms with Gasteiger partial charge in [0.1, 0.15) is 5.69 Å². The van der Waals surface area contributed by atoms with Crippen molar-refractivity contribution in [1.82, 2.24) is 4.98 Å². The number of ketones is 1. The molecule has 1 heterocycles. The van der Waals surface area contributed by atoms with E-state index in [-0.39, 0.29) is 5.69 Å². The maximum absolute atomic E-state index is 11.5. The summed E-state index contributed by atoms with van der Waals surface area (Å²) in [5.74, 6) is -0.563. The number of aldehydes is 1. The van der Waals surface area contributed by atoms with E-state index in [0.717, 1.165) is 23.1 Å². The fourth-order valence-corrected chi connectivity index (χ4v) is 1.84. The maximum Gasteiger partial charge on any atom is 0.244 e. The molecule has 0 bridgehead atoms. The molecule has 3 nitrogen and oxygen atoms in total. The first-order chi connectivity index (χ1) is 7.74. The Hall–Kier alpha value is -2.03. The zero-order chi connectivity index (χ0) is 11.5. The largest absolute Gasteiger partial charge is 0.294 e. The highest BCUT2D eigenvalue weighted by Gasteiger charge is 2.17. The molecule has 0 aliphatic heterocycles. The molecule has 0 saturated heterocycles. The van der Waals surface area contributed by atoms with Crippen LogP contribution in [0.2, 0.25) is 0 Å². The molecule has 0 saturated carbocycles. The number of rotatable bonds is 3. The number of carbonyl (C=O) groups is 2. The van der Waals surface area contributed by atoms with Crippen LogP contribution >= 0.6 is 0 Å². The van der Waals surface area contributed by atoms with Crippen molar-refractivity contribution in [3.05, 3.63) is 47.3 Å². The van der Waals surface area contributed by atoms with Gasteiger partial charge >= 0.3 is 0 Å². The third-order valence-corrected chi connectivity index (χ3v) is 2.59. The van der Waals surface area contributed by atoms with Gasteiger partial charge in [0, 0.05) is 11.8 Å². The second-order valence-electron chi connectivity index (χ2n) is 3.66. The first-order valence-corrected chi connectivity index (χ1v) is 5.05. The Labute approximate surface area is 93.5 Å². The van der Waals surface area contributed by atoms with Crippen LogP contribution in [-0.4, -0.2) is 17.1 Å². The van der Waals surface area contributed by atoms with Crippen LogP contribution in [0, 0.1) is 6.92 Å². The molecule has 1 aromatic heterocycles. The van der Waals surface area contributed by atoms with Gasteiger partial charge in [0.25, 0.3) is 0 Å². The molecule has 0 fully saturated rings. The van der Waals surface area contributed by atoms with Crippen molar-refractivity contribution in [2.75, 3.05) is 0 Å². The Bertz CT molecular complexity index is 513. The highest BCUT2D eigenvalue weighted by atomic mass is 16.2. The van der Waals surface area contributed by atoms with E-state index in [1.807, 2.05) is 31.2 Å². The normalized spacial score (nSPS) is 13.7. The van der Waals surface area contributed by atoms with E-state index >= 15 is 0 Å². The molecule has 1 aliphatic carbocycles. The van der Waals surface area contributed by atoms with Crippen LogP contribution in [0.1, 0.15) is 28.0 Å². The molecule has 16 heavy (non-hydrogen) atoms. The minimum atomic E-state index is -0.563. The summed E-state index contributed by atoms with van der Waals surface area (Å²) in [6.07, 6.45) is 8.55. The Balaban J connectivity index is 2.57. The fraction of sp³-hybridized carbons (Fsp3) is 0.154. The van der Waals surface area contributed by atoms with Crippen molar-refractivity contribution in [2.45, 2.75) is 13.3 Å². The van der Waals surface area contributed by atoms with Crippen molar-refractivity contribution in [3.8, 4) is 0 Å². The molecule has 0 aromatic carbocycles. The van der Waals surface area contributed by atoms with Gasteiger partial charge in [-0.25, -0.2) is 0 Å². The van der Waals surface area contributed by atoms with Crippen LogP contribution in [0.4, 0.5) is 0 Å². The Morgan fingerprint density at radius 2 is 2.31 bits per heavy atom. The summed E-state index contributed by atoms with van der Waals surface area (Å²) in [7, 11) is 0. The average molecular weight is 213 g/mol. The van der Waals surface area contributed by atoms with E-state index in [9.17, 15) is 9.59 Å². The van der Waals surface area contributed by atoms with E-state index in [1.54, 1.807) is 6.20 Å². The van der Waals surface area contributed by atoms with E-state index in [4.69, 9.17) is 0 Å². The van der Waals surface area contributed by atoms with Gasteiger partial charge in [-0.3, -0.25) is 14.6 Å². The number of Topliss-reactive ketones (excluding diaryl/α,β-unsaturated/α-hetero) is 1. The lowest BCUT2D eigenvalue weighted by atomic mass is 9.97. The minimum absolute atomic E-state index is 0.255. The SMILES string of the molecule is Cc1ccnc(C(=O)C=O)c1C1=CC=CC1. The molecular weight excluding hydrogens is 202 g/mol. The molecule has 80 valence electrons. The van der Waals surface area contributed by atoms with Crippen LogP contribution in [0.15, 0.2) is 30.5 Å². The van der Waals surface area contributed by atoms with Crippen LogP contribution < -0.4 is 0 Å². The van der Waals surface area contributed by atoms with Crippen LogP contribution in [-0.2, 0) is 4.79 Å². The molecule has 1 aliphatic rings. The molecule has 1 aromatic rings. The third kappa shape index (κ3) is 1.72. The molecule has 0 unspecified atom stereocenters. The summed E-state index contributed by atoms with van der Waals surface area (Å²) in [4.78, 5) is 26.0. The van der Waals surface area contributed by atoms with Crippen LogP contribution in [0.5, 0.6) is 0 Å². The fourth-order valence-electron chi connectivity index (χ4n) is 1.84. The summed E-state index contributed by atoms with van der Waals surface area (Å²) < 4.78 is 0. The first kappa shape index (κ1) is 10.5. The first-order valence-electron chi connectivity index (χ1n) is 5.05. The predicted octanol–water partition coefficient (Wildman–Crippen LogP) is 2.11. The molecule has 0 N–H and O–H groups in total. The van der Waals surface area contributed by atoms with Crippen molar-refractivity contribution in [1.29, 1.82) is 0 Å². The molecular formula is C13H11NO2. The van der Waals surface area contributed by atoms with Gasteiger partial charge in [0.05, 0.1) is 0 Å². The summed E-state index contributed by atoms with van der Waals surface area (Å²) in [6, 6.07) is 1.84. The van der Waals surface area contributed by atoms with Gasteiger partial charge in [-0.2, -0.15) is 0 Å². The molecule has 2 rings (SSSR count). The summed E-state index contributed by atoms with van der Waals surface area (Å²) in [6.45, 7) is 1.91. The molecule has 3 heteroatoms. The average Bonchev–Trinajstić information content (AvgIpc) is 2.81. The minimum Gasteiger partial charge on any atom is -0.294 e. The molecule has 0 radical (unpaired) electrons. The van der Waals surface area contributed by atoms with Gasteiger partial charge in [-0.15, -0.1) is 0 Å². The molecule has 0 amide bonds. The van der Waals surface area contributed by atoms with E-state index in [2.05, 4.69) is 4.98 Å².